The molecule has 0 spiro atoms. The summed E-state index contributed by atoms with van der Waals surface area (Å²) in [6.07, 6.45) is 3.40. The largest absolute Gasteiger partial charge is 0.486 e. The number of hydrogen-bond acceptors (Lipinski definition) is 7. The van der Waals surface area contributed by atoms with Gasteiger partial charge in [0.25, 0.3) is 5.91 Å². The van der Waals surface area contributed by atoms with Gasteiger partial charge in [-0.1, -0.05) is 11.6 Å². The van der Waals surface area contributed by atoms with Crippen molar-refractivity contribution in [1.82, 2.24) is 9.97 Å². The number of rotatable bonds is 4. The minimum absolute atomic E-state index is 0.355. The van der Waals surface area contributed by atoms with Gasteiger partial charge in [0.05, 0.1) is 28.2 Å². The molecule has 4 rings (SSSR count). The van der Waals surface area contributed by atoms with Gasteiger partial charge in [-0.2, -0.15) is 0 Å². The second-order valence-electron chi connectivity index (χ2n) is 5.92. The Balaban J connectivity index is 1.67. The SMILES string of the molecule is CSc1nc(-c2ccco2)nc(C)c1C(=O)Nc1cc2c(cc1Cl)OCCO2. The Morgan fingerprint density at radius 2 is 1.96 bits per heavy atom. The van der Waals surface area contributed by atoms with Gasteiger partial charge in [-0.15, -0.1) is 11.8 Å². The normalized spacial score (nSPS) is 12.7. The first-order valence-electron chi connectivity index (χ1n) is 8.44. The summed E-state index contributed by atoms with van der Waals surface area (Å²) in [5.74, 6) is 1.71. The lowest BCUT2D eigenvalue weighted by Gasteiger charge is -2.20. The fourth-order valence-electron chi connectivity index (χ4n) is 2.82. The fourth-order valence-corrected chi connectivity index (χ4v) is 3.64. The van der Waals surface area contributed by atoms with Gasteiger partial charge in [-0.3, -0.25) is 4.79 Å². The summed E-state index contributed by atoms with van der Waals surface area (Å²) >= 11 is 7.66. The van der Waals surface area contributed by atoms with E-state index in [9.17, 15) is 4.79 Å². The number of aryl methyl sites for hydroxylation is 1. The molecule has 3 heterocycles. The summed E-state index contributed by atoms with van der Waals surface area (Å²) in [6.45, 7) is 2.67. The molecule has 1 aliphatic rings. The van der Waals surface area contributed by atoms with Crippen molar-refractivity contribution >= 4 is 35.0 Å². The minimum Gasteiger partial charge on any atom is -0.486 e. The maximum atomic E-state index is 13.0. The molecule has 0 bridgehead atoms. The summed E-state index contributed by atoms with van der Waals surface area (Å²) < 4.78 is 16.4. The van der Waals surface area contributed by atoms with Gasteiger partial charge < -0.3 is 19.2 Å². The van der Waals surface area contributed by atoms with Crippen LogP contribution in [0.2, 0.25) is 5.02 Å². The van der Waals surface area contributed by atoms with E-state index in [1.165, 1.54) is 11.8 Å². The Labute approximate surface area is 170 Å². The first-order valence-corrected chi connectivity index (χ1v) is 10.0. The van der Waals surface area contributed by atoms with Gasteiger partial charge in [0.15, 0.2) is 23.1 Å². The fraction of sp³-hybridized carbons (Fsp3) is 0.211. The number of halogens is 1. The number of furan rings is 1. The van der Waals surface area contributed by atoms with Crippen LogP contribution in [0.1, 0.15) is 16.1 Å². The van der Waals surface area contributed by atoms with Crippen LogP contribution in [0.25, 0.3) is 11.6 Å². The number of carbonyl (C=O) groups is 1. The van der Waals surface area contributed by atoms with Gasteiger partial charge in [0.2, 0.25) is 0 Å². The Hall–Kier alpha value is -2.71. The number of anilines is 1. The Kier molecular flexibility index (Phi) is 5.15. The van der Waals surface area contributed by atoms with Crippen LogP contribution >= 0.6 is 23.4 Å². The molecule has 144 valence electrons. The number of nitrogens with one attached hydrogen (secondary N) is 1. The molecular weight excluding hydrogens is 402 g/mol. The van der Waals surface area contributed by atoms with Crippen LogP contribution in [0.4, 0.5) is 5.69 Å². The number of benzene rings is 1. The average Bonchev–Trinajstić information content (AvgIpc) is 3.22. The van der Waals surface area contributed by atoms with Gasteiger partial charge in [0, 0.05) is 12.1 Å². The molecule has 9 heteroatoms. The van der Waals surface area contributed by atoms with Gasteiger partial charge >= 0.3 is 0 Å². The summed E-state index contributed by atoms with van der Waals surface area (Å²) in [5, 5.41) is 3.73. The number of ether oxygens (including phenoxy) is 2. The van der Waals surface area contributed by atoms with Crippen LogP contribution in [-0.2, 0) is 0 Å². The number of amides is 1. The molecule has 0 aliphatic carbocycles. The average molecular weight is 418 g/mol. The first-order chi connectivity index (χ1) is 13.6. The molecule has 0 radical (unpaired) electrons. The van der Waals surface area contributed by atoms with Crippen molar-refractivity contribution < 1.29 is 18.7 Å². The highest BCUT2D eigenvalue weighted by molar-refractivity contribution is 7.98. The van der Waals surface area contributed by atoms with Gasteiger partial charge in [-0.05, 0) is 25.3 Å². The third-order valence-electron chi connectivity index (χ3n) is 4.10. The number of nitrogens with zero attached hydrogens (tertiary/aromatic N) is 2. The van der Waals surface area contributed by atoms with E-state index in [2.05, 4.69) is 15.3 Å². The molecule has 0 saturated heterocycles. The predicted octanol–water partition coefficient (Wildman–Crippen LogP) is 4.44. The summed E-state index contributed by atoms with van der Waals surface area (Å²) in [7, 11) is 0. The monoisotopic (exact) mass is 417 g/mol. The zero-order valence-corrected chi connectivity index (χ0v) is 16.7. The van der Waals surface area contributed by atoms with Crippen molar-refractivity contribution in [3.63, 3.8) is 0 Å². The number of fused-ring (bicyclic) bond motifs is 1. The standard InChI is InChI=1S/C19H16ClN3O4S/c1-10-16(19(28-2)23-17(21-10)13-4-3-5-25-13)18(24)22-12-9-15-14(8-11(12)20)26-6-7-27-15/h3-5,8-9H,6-7H2,1-2H3,(H,22,24). The smallest absolute Gasteiger partial charge is 0.260 e. The number of hydrogen-bond donors (Lipinski definition) is 1. The van der Waals surface area contributed by atoms with Crippen LogP contribution in [0, 0.1) is 6.92 Å². The maximum absolute atomic E-state index is 13.0. The van der Waals surface area contributed by atoms with E-state index in [1.54, 1.807) is 37.5 Å². The third kappa shape index (κ3) is 3.53. The highest BCUT2D eigenvalue weighted by Crippen LogP contribution is 2.38. The third-order valence-corrected chi connectivity index (χ3v) is 5.09. The van der Waals surface area contributed by atoms with Crippen LogP contribution in [-0.4, -0.2) is 35.3 Å². The predicted molar refractivity (Wildman–Crippen MR) is 107 cm³/mol. The molecule has 0 atom stereocenters. The van der Waals surface area contributed by atoms with Crippen molar-refractivity contribution in [3.05, 3.63) is 46.8 Å². The lowest BCUT2D eigenvalue weighted by molar-refractivity contribution is 0.102. The van der Waals surface area contributed by atoms with Crippen LogP contribution in [0.15, 0.2) is 40.0 Å². The zero-order chi connectivity index (χ0) is 19.7. The number of thioether (sulfide) groups is 1. The van der Waals surface area contributed by atoms with E-state index in [0.29, 0.717) is 63.3 Å². The molecule has 0 unspecified atom stereocenters. The molecule has 1 amide bonds. The Bertz CT molecular complexity index is 1040. The van der Waals surface area contributed by atoms with E-state index < -0.39 is 0 Å². The van der Waals surface area contributed by atoms with Gasteiger partial charge in [0.1, 0.15) is 18.2 Å². The molecule has 3 aromatic rings. The van der Waals surface area contributed by atoms with Gasteiger partial charge in [-0.25, -0.2) is 9.97 Å². The zero-order valence-electron chi connectivity index (χ0n) is 15.1. The molecule has 1 aromatic carbocycles. The Morgan fingerprint density at radius 3 is 2.64 bits per heavy atom. The van der Waals surface area contributed by atoms with E-state index in [-0.39, 0.29) is 5.91 Å². The molecule has 28 heavy (non-hydrogen) atoms. The second-order valence-corrected chi connectivity index (χ2v) is 7.13. The summed E-state index contributed by atoms with van der Waals surface area (Å²) in [4.78, 5) is 21.9. The number of aromatic nitrogens is 2. The molecule has 2 aromatic heterocycles. The van der Waals surface area contributed by atoms with Crippen LogP contribution in [0.3, 0.4) is 0 Å². The van der Waals surface area contributed by atoms with Crippen molar-refractivity contribution in [2.75, 3.05) is 24.8 Å². The number of carbonyl (C=O) groups excluding carboxylic acids is 1. The first kappa shape index (κ1) is 18.6. The Morgan fingerprint density at radius 1 is 1.21 bits per heavy atom. The lowest BCUT2D eigenvalue weighted by Crippen LogP contribution is -2.18. The minimum atomic E-state index is -0.355. The van der Waals surface area contributed by atoms with Crippen LogP contribution in [0.5, 0.6) is 11.5 Å². The summed E-state index contributed by atoms with van der Waals surface area (Å²) in [5.41, 5.74) is 1.35. The maximum Gasteiger partial charge on any atom is 0.260 e. The molecule has 1 aliphatic heterocycles. The lowest BCUT2D eigenvalue weighted by atomic mass is 10.2. The van der Waals surface area contributed by atoms with Crippen molar-refractivity contribution in [1.29, 1.82) is 0 Å². The highest BCUT2D eigenvalue weighted by atomic mass is 35.5. The van der Waals surface area contributed by atoms with Crippen molar-refractivity contribution in [2.45, 2.75) is 11.9 Å². The molecule has 0 fully saturated rings. The van der Waals surface area contributed by atoms with Crippen molar-refractivity contribution in [2.24, 2.45) is 0 Å². The van der Waals surface area contributed by atoms with E-state index in [1.807, 2.05) is 6.26 Å². The van der Waals surface area contributed by atoms with E-state index in [4.69, 9.17) is 25.5 Å². The quantitative estimate of drug-likeness (QED) is 0.495. The van der Waals surface area contributed by atoms with Crippen molar-refractivity contribution in [3.8, 4) is 23.1 Å². The molecular formula is C19H16ClN3O4S. The highest BCUT2D eigenvalue weighted by Gasteiger charge is 2.22. The molecule has 1 N–H and O–H groups in total. The second kappa shape index (κ2) is 7.73. The van der Waals surface area contributed by atoms with Crippen LogP contribution < -0.4 is 14.8 Å². The van der Waals surface area contributed by atoms with E-state index >= 15 is 0 Å². The summed E-state index contributed by atoms with van der Waals surface area (Å²) in [6, 6.07) is 6.82. The molecule has 0 saturated carbocycles. The topological polar surface area (TPSA) is 86.5 Å². The van der Waals surface area contributed by atoms with E-state index in [0.717, 1.165) is 0 Å². The molecule has 7 nitrogen and oxygen atoms in total.